The van der Waals surface area contributed by atoms with Crippen molar-refractivity contribution >= 4 is 23.6 Å². The van der Waals surface area contributed by atoms with Crippen LogP contribution in [0.1, 0.15) is 44.9 Å². The molecule has 0 aromatic rings. The zero-order valence-electron chi connectivity index (χ0n) is 11.5. The summed E-state index contributed by atoms with van der Waals surface area (Å²) in [5, 5.41) is 12.1. The summed E-state index contributed by atoms with van der Waals surface area (Å²) < 4.78 is 0.187. The number of carboxylic acid groups (broad SMARTS) is 1. The van der Waals surface area contributed by atoms with E-state index in [0.29, 0.717) is 13.0 Å². The lowest BCUT2D eigenvalue weighted by Gasteiger charge is -2.28. The highest BCUT2D eigenvalue weighted by Gasteiger charge is 2.39. The fourth-order valence-electron chi connectivity index (χ4n) is 3.42. The molecular weight excluding hydrogens is 262 g/mol. The molecule has 19 heavy (non-hydrogen) atoms. The lowest BCUT2D eigenvalue weighted by Crippen LogP contribution is -2.42. The molecule has 2 saturated carbocycles. The number of hydrogen-bond donors (Lipinski definition) is 2. The lowest BCUT2D eigenvalue weighted by atomic mass is 9.95. The Bertz CT molecular complexity index is 353. The van der Waals surface area contributed by atoms with Crippen LogP contribution in [-0.2, 0) is 9.59 Å². The second-order valence-electron chi connectivity index (χ2n) is 5.79. The Morgan fingerprint density at radius 1 is 1.21 bits per heavy atom. The lowest BCUT2D eigenvalue weighted by molar-refractivity contribution is -0.146. The van der Waals surface area contributed by atoms with E-state index in [1.54, 1.807) is 0 Å². The monoisotopic (exact) mass is 285 g/mol. The normalized spacial score (nSPS) is 29.3. The summed E-state index contributed by atoms with van der Waals surface area (Å²) in [6.45, 7) is 0.690. The third kappa shape index (κ3) is 3.25. The second-order valence-corrected chi connectivity index (χ2v) is 7.07. The molecule has 0 spiro atoms. The van der Waals surface area contributed by atoms with Crippen molar-refractivity contribution in [2.24, 2.45) is 11.8 Å². The molecule has 0 unspecified atom stereocenters. The van der Waals surface area contributed by atoms with Gasteiger partial charge in [0.25, 0.3) is 0 Å². The molecule has 5 heteroatoms. The molecule has 1 amide bonds. The maximum atomic E-state index is 12.2. The van der Waals surface area contributed by atoms with E-state index in [-0.39, 0.29) is 16.6 Å². The molecular formula is C14H23NO3S. The second kappa shape index (κ2) is 6.16. The number of amides is 1. The Labute approximate surface area is 118 Å². The maximum Gasteiger partial charge on any atom is 0.307 e. The SMILES string of the molecule is CSC1(CNC(=O)[C@@H]2CCC[C@@H]2C(=O)O)CCCC1. The van der Waals surface area contributed by atoms with Crippen molar-refractivity contribution in [2.45, 2.75) is 49.7 Å². The van der Waals surface area contributed by atoms with Crippen LogP contribution in [0.4, 0.5) is 0 Å². The molecule has 2 aliphatic carbocycles. The number of thioether (sulfide) groups is 1. The quantitative estimate of drug-likeness (QED) is 0.813. The molecule has 2 rings (SSSR count). The van der Waals surface area contributed by atoms with Gasteiger partial charge in [0, 0.05) is 11.3 Å². The van der Waals surface area contributed by atoms with E-state index < -0.39 is 11.9 Å². The van der Waals surface area contributed by atoms with E-state index in [0.717, 1.165) is 25.7 Å². The van der Waals surface area contributed by atoms with Crippen LogP contribution < -0.4 is 5.32 Å². The van der Waals surface area contributed by atoms with Crippen molar-refractivity contribution in [3.63, 3.8) is 0 Å². The third-order valence-electron chi connectivity index (χ3n) is 4.70. The van der Waals surface area contributed by atoms with Crippen LogP contribution in [0.2, 0.25) is 0 Å². The number of aliphatic carboxylic acids is 1. The van der Waals surface area contributed by atoms with Crippen molar-refractivity contribution in [3.8, 4) is 0 Å². The summed E-state index contributed by atoms with van der Waals surface area (Å²) in [5.41, 5.74) is 0. The summed E-state index contributed by atoms with van der Waals surface area (Å²) in [4.78, 5) is 23.3. The Balaban J connectivity index is 1.88. The van der Waals surface area contributed by atoms with Gasteiger partial charge in [-0.25, -0.2) is 0 Å². The first-order valence-corrected chi connectivity index (χ1v) is 8.36. The van der Waals surface area contributed by atoms with E-state index >= 15 is 0 Å². The highest BCUT2D eigenvalue weighted by atomic mass is 32.2. The van der Waals surface area contributed by atoms with Gasteiger partial charge >= 0.3 is 5.97 Å². The number of rotatable bonds is 5. The molecule has 0 heterocycles. The van der Waals surface area contributed by atoms with Gasteiger partial charge in [-0.3, -0.25) is 9.59 Å². The van der Waals surface area contributed by atoms with Crippen LogP contribution in [0.25, 0.3) is 0 Å². The van der Waals surface area contributed by atoms with Gasteiger partial charge in [-0.1, -0.05) is 19.3 Å². The van der Waals surface area contributed by atoms with Crippen LogP contribution in [0, 0.1) is 11.8 Å². The summed E-state index contributed by atoms with van der Waals surface area (Å²) in [7, 11) is 0. The number of carboxylic acids is 1. The molecule has 108 valence electrons. The van der Waals surface area contributed by atoms with Crippen molar-refractivity contribution in [3.05, 3.63) is 0 Å². The van der Waals surface area contributed by atoms with Crippen LogP contribution >= 0.6 is 11.8 Å². The minimum Gasteiger partial charge on any atom is -0.481 e. The molecule has 2 atom stereocenters. The predicted octanol–water partition coefficient (Wildman–Crippen LogP) is 2.28. The molecule has 4 nitrogen and oxygen atoms in total. The highest BCUT2D eigenvalue weighted by Crippen LogP contribution is 2.40. The number of hydrogen-bond acceptors (Lipinski definition) is 3. The summed E-state index contributed by atoms with van der Waals surface area (Å²) in [6.07, 6.45) is 9.09. The van der Waals surface area contributed by atoms with E-state index in [9.17, 15) is 9.59 Å². The molecule has 0 radical (unpaired) electrons. The summed E-state index contributed by atoms with van der Waals surface area (Å²) in [5.74, 6) is -1.67. The summed E-state index contributed by atoms with van der Waals surface area (Å²) >= 11 is 1.84. The fourth-order valence-corrected chi connectivity index (χ4v) is 4.33. The molecule has 0 saturated heterocycles. The molecule has 2 aliphatic rings. The van der Waals surface area contributed by atoms with E-state index in [4.69, 9.17) is 5.11 Å². The fraction of sp³-hybridized carbons (Fsp3) is 0.857. The smallest absolute Gasteiger partial charge is 0.307 e. The highest BCUT2D eigenvalue weighted by molar-refractivity contribution is 8.00. The predicted molar refractivity (Wildman–Crippen MR) is 76.2 cm³/mol. The van der Waals surface area contributed by atoms with Crippen LogP contribution in [-0.4, -0.2) is 34.5 Å². The van der Waals surface area contributed by atoms with Gasteiger partial charge < -0.3 is 10.4 Å². The van der Waals surface area contributed by atoms with E-state index in [1.165, 1.54) is 12.8 Å². The first-order valence-electron chi connectivity index (χ1n) is 7.14. The van der Waals surface area contributed by atoms with Crippen molar-refractivity contribution in [1.82, 2.24) is 5.32 Å². The zero-order valence-corrected chi connectivity index (χ0v) is 12.3. The van der Waals surface area contributed by atoms with Gasteiger partial charge in [0.2, 0.25) is 5.91 Å². The summed E-state index contributed by atoms with van der Waals surface area (Å²) in [6, 6.07) is 0. The van der Waals surface area contributed by atoms with Crippen LogP contribution in [0.3, 0.4) is 0 Å². The molecule has 0 bridgehead atoms. The number of nitrogens with one attached hydrogen (secondary N) is 1. The Morgan fingerprint density at radius 2 is 1.84 bits per heavy atom. The maximum absolute atomic E-state index is 12.2. The topological polar surface area (TPSA) is 66.4 Å². The molecule has 0 aliphatic heterocycles. The van der Waals surface area contributed by atoms with Gasteiger partial charge in [-0.15, -0.1) is 0 Å². The van der Waals surface area contributed by atoms with Crippen LogP contribution in [0.15, 0.2) is 0 Å². The largest absolute Gasteiger partial charge is 0.481 e. The van der Waals surface area contributed by atoms with Crippen LogP contribution in [0.5, 0.6) is 0 Å². The number of carbonyl (C=O) groups excluding carboxylic acids is 1. The van der Waals surface area contributed by atoms with Crippen molar-refractivity contribution in [2.75, 3.05) is 12.8 Å². The van der Waals surface area contributed by atoms with Gasteiger partial charge in [0.05, 0.1) is 11.8 Å². The molecule has 2 N–H and O–H groups in total. The Hall–Kier alpha value is -0.710. The molecule has 0 aromatic heterocycles. The standard InChI is InChI=1S/C14H23NO3S/c1-19-14(7-2-3-8-14)9-15-12(16)10-5-4-6-11(10)13(17)18/h10-11H,2-9H2,1H3,(H,15,16)(H,17,18)/t10-,11+/m1/s1. The Kier molecular flexibility index (Phi) is 4.76. The zero-order chi connectivity index (χ0) is 13.9. The minimum atomic E-state index is -0.821. The van der Waals surface area contributed by atoms with Gasteiger partial charge in [0.15, 0.2) is 0 Å². The minimum absolute atomic E-state index is 0.0507. The average Bonchev–Trinajstić information content (AvgIpc) is 3.05. The Morgan fingerprint density at radius 3 is 2.42 bits per heavy atom. The first-order chi connectivity index (χ1) is 9.08. The van der Waals surface area contributed by atoms with Gasteiger partial charge in [-0.2, -0.15) is 11.8 Å². The number of carbonyl (C=O) groups is 2. The molecule has 0 aromatic carbocycles. The van der Waals surface area contributed by atoms with E-state index in [1.807, 2.05) is 11.8 Å². The van der Waals surface area contributed by atoms with Crippen molar-refractivity contribution in [1.29, 1.82) is 0 Å². The first kappa shape index (κ1) is 14.7. The third-order valence-corrected chi connectivity index (χ3v) is 6.12. The van der Waals surface area contributed by atoms with E-state index in [2.05, 4.69) is 11.6 Å². The average molecular weight is 285 g/mol. The molecule has 2 fully saturated rings. The van der Waals surface area contributed by atoms with Crippen molar-refractivity contribution < 1.29 is 14.7 Å². The van der Waals surface area contributed by atoms with Gasteiger partial charge in [0.1, 0.15) is 0 Å². The van der Waals surface area contributed by atoms with Gasteiger partial charge in [-0.05, 0) is 31.9 Å².